The van der Waals surface area contributed by atoms with E-state index in [-0.39, 0.29) is 11.5 Å². The molecule has 5 heteroatoms. The summed E-state index contributed by atoms with van der Waals surface area (Å²) in [4.78, 5) is 2.43. The Balaban J connectivity index is 3.00. The molecule has 1 rings (SSSR count). The summed E-state index contributed by atoms with van der Waals surface area (Å²) in [5, 5.41) is 0. The molecular weight excluding hydrogens is 284 g/mol. The number of sulfonamides is 1. The first-order valence-electron chi connectivity index (χ1n) is 7.20. The summed E-state index contributed by atoms with van der Waals surface area (Å²) in [6.07, 6.45) is 0. The van der Waals surface area contributed by atoms with Crippen LogP contribution in [-0.2, 0) is 10.0 Å². The first-order chi connectivity index (χ1) is 9.45. The first-order valence-corrected chi connectivity index (χ1v) is 8.68. The van der Waals surface area contributed by atoms with Crippen LogP contribution in [0.4, 0.5) is 0 Å². The largest absolute Gasteiger partial charge is 0.309 e. The van der Waals surface area contributed by atoms with Crippen LogP contribution < -0.4 is 4.72 Å². The van der Waals surface area contributed by atoms with Gasteiger partial charge in [0, 0.05) is 12.6 Å². The van der Waals surface area contributed by atoms with E-state index in [0.29, 0.717) is 4.90 Å². The summed E-state index contributed by atoms with van der Waals surface area (Å²) >= 11 is 0. The average molecular weight is 312 g/mol. The van der Waals surface area contributed by atoms with Crippen molar-refractivity contribution >= 4 is 10.0 Å². The van der Waals surface area contributed by atoms with Crippen molar-refractivity contribution in [3.8, 4) is 0 Å². The van der Waals surface area contributed by atoms with Gasteiger partial charge in [-0.1, -0.05) is 31.5 Å². The molecule has 0 unspecified atom stereocenters. The summed E-state index contributed by atoms with van der Waals surface area (Å²) in [5.41, 5.74) is 1.68. The van der Waals surface area contributed by atoms with Gasteiger partial charge in [0.2, 0.25) is 10.0 Å². The highest BCUT2D eigenvalue weighted by molar-refractivity contribution is 7.89. The maximum atomic E-state index is 12.6. The third-order valence-electron chi connectivity index (χ3n) is 3.85. The predicted octanol–water partition coefficient (Wildman–Crippen LogP) is 2.56. The maximum Gasteiger partial charge on any atom is 0.241 e. The Morgan fingerprint density at radius 2 is 1.81 bits per heavy atom. The molecule has 0 aliphatic heterocycles. The first kappa shape index (κ1) is 18.1. The van der Waals surface area contributed by atoms with Crippen molar-refractivity contribution in [1.29, 1.82) is 0 Å². The van der Waals surface area contributed by atoms with Crippen molar-refractivity contribution in [2.24, 2.45) is 5.41 Å². The van der Waals surface area contributed by atoms with Crippen LogP contribution in [0.2, 0.25) is 0 Å². The molecule has 0 saturated heterocycles. The molecule has 0 amide bonds. The van der Waals surface area contributed by atoms with Crippen LogP contribution in [0, 0.1) is 19.3 Å². The fraction of sp³-hybridized carbons (Fsp3) is 0.625. The van der Waals surface area contributed by atoms with Crippen molar-refractivity contribution < 1.29 is 8.42 Å². The summed E-state index contributed by atoms with van der Waals surface area (Å²) in [6, 6.07) is 5.24. The van der Waals surface area contributed by atoms with E-state index in [2.05, 4.69) is 23.5 Å². The molecule has 1 N–H and O–H groups in total. The van der Waals surface area contributed by atoms with Crippen LogP contribution in [-0.4, -0.2) is 40.0 Å². The van der Waals surface area contributed by atoms with Crippen LogP contribution in [0.3, 0.4) is 0 Å². The number of hydrogen-bond acceptors (Lipinski definition) is 3. The zero-order chi connectivity index (χ0) is 16.4. The molecule has 120 valence electrons. The van der Waals surface area contributed by atoms with E-state index in [1.165, 1.54) is 0 Å². The van der Waals surface area contributed by atoms with Gasteiger partial charge in [-0.2, -0.15) is 0 Å². The van der Waals surface area contributed by atoms with Crippen LogP contribution in [0.1, 0.15) is 31.9 Å². The van der Waals surface area contributed by atoms with Crippen molar-refractivity contribution in [3.63, 3.8) is 0 Å². The predicted molar refractivity (Wildman–Crippen MR) is 88.0 cm³/mol. The van der Waals surface area contributed by atoms with Crippen molar-refractivity contribution in [2.45, 2.75) is 45.6 Å². The number of benzene rings is 1. The lowest BCUT2D eigenvalue weighted by atomic mass is 9.85. The number of hydrogen-bond donors (Lipinski definition) is 1. The standard InChI is InChI=1S/C16H28N2O2S/c1-12-8-9-15(13(2)10-12)21(19,20)17-14(3)16(4,5)11-18(6)7/h8-10,14,17H,11H2,1-7H3/t14-/m1/s1. The topological polar surface area (TPSA) is 49.4 Å². The van der Waals surface area contributed by atoms with Crippen molar-refractivity contribution in [1.82, 2.24) is 9.62 Å². The van der Waals surface area contributed by atoms with Crippen LogP contribution in [0.25, 0.3) is 0 Å². The third kappa shape index (κ3) is 4.80. The summed E-state index contributed by atoms with van der Waals surface area (Å²) in [5.74, 6) is 0. The smallest absolute Gasteiger partial charge is 0.241 e. The highest BCUT2D eigenvalue weighted by Gasteiger charge is 2.30. The lowest BCUT2D eigenvalue weighted by molar-refractivity contribution is 0.198. The molecule has 4 nitrogen and oxygen atoms in total. The number of rotatable bonds is 6. The molecule has 0 saturated carbocycles. The maximum absolute atomic E-state index is 12.6. The van der Waals surface area contributed by atoms with E-state index in [0.717, 1.165) is 17.7 Å². The van der Waals surface area contributed by atoms with Gasteiger partial charge in [-0.3, -0.25) is 0 Å². The minimum atomic E-state index is -3.49. The molecule has 0 aliphatic carbocycles. The molecule has 0 heterocycles. The van der Waals surface area contributed by atoms with E-state index < -0.39 is 10.0 Å². The van der Waals surface area contributed by atoms with E-state index in [9.17, 15) is 8.42 Å². The molecule has 0 bridgehead atoms. The molecule has 1 atom stereocenters. The second-order valence-electron chi connectivity index (χ2n) is 6.84. The Hall–Kier alpha value is -0.910. The van der Waals surface area contributed by atoms with Crippen LogP contribution >= 0.6 is 0 Å². The molecule has 0 aromatic heterocycles. The Morgan fingerprint density at radius 1 is 1.24 bits per heavy atom. The summed E-state index contributed by atoms with van der Waals surface area (Å²) in [6.45, 7) is 10.7. The molecule has 0 aliphatic rings. The van der Waals surface area contributed by atoms with Gasteiger partial charge in [0.25, 0.3) is 0 Å². The third-order valence-corrected chi connectivity index (χ3v) is 5.55. The van der Waals surface area contributed by atoms with Gasteiger partial charge in [-0.15, -0.1) is 0 Å². The fourth-order valence-corrected chi connectivity index (χ4v) is 4.15. The zero-order valence-corrected chi connectivity index (χ0v) is 15.0. The van der Waals surface area contributed by atoms with Gasteiger partial charge in [-0.05, 0) is 51.9 Å². The van der Waals surface area contributed by atoms with Gasteiger partial charge in [-0.25, -0.2) is 13.1 Å². The second kappa shape index (κ2) is 6.46. The van der Waals surface area contributed by atoms with E-state index in [1.54, 1.807) is 6.07 Å². The fourth-order valence-electron chi connectivity index (χ4n) is 2.51. The van der Waals surface area contributed by atoms with E-state index in [4.69, 9.17) is 0 Å². The monoisotopic (exact) mass is 312 g/mol. The van der Waals surface area contributed by atoms with Crippen molar-refractivity contribution in [2.75, 3.05) is 20.6 Å². The van der Waals surface area contributed by atoms with Crippen LogP contribution in [0.15, 0.2) is 23.1 Å². The molecule has 1 aromatic rings. The Morgan fingerprint density at radius 3 is 2.29 bits per heavy atom. The van der Waals surface area contributed by atoms with Crippen LogP contribution in [0.5, 0.6) is 0 Å². The number of nitrogens with zero attached hydrogens (tertiary/aromatic N) is 1. The summed E-state index contributed by atoms with van der Waals surface area (Å²) < 4.78 is 28.0. The Labute approximate surface area is 129 Å². The summed E-state index contributed by atoms with van der Waals surface area (Å²) in [7, 11) is 0.492. The molecule has 0 radical (unpaired) electrons. The number of aryl methyl sites for hydroxylation is 2. The Bertz CT molecular complexity index is 592. The van der Waals surface area contributed by atoms with Gasteiger partial charge < -0.3 is 4.90 Å². The highest BCUT2D eigenvalue weighted by Crippen LogP contribution is 2.24. The molecule has 21 heavy (non-hydrogen) atoms. The molecule has 0 fully saturated rings. The zero-order valence-electron chi connectivity index (χ0n) is 14.2. The Kier molecular flexibility index (Phi) is 5.58. The number of nitrogens with one attached hydrogen (secondary N) is 1. The second-order valence-corrected chi connectivity index (χ2v) is 8.52. The van der Waals surface area contributed by atoms with Gasteiger partial charge in [0.1, 0.15) is 0 Å². The molecule has 0 spiro atoms. The van der Waals surface area contributed by atoms with Gasteiger partial charge in [0.05, 0.1) is 4.90 Å². The normalized spacial score (nSPS) is 14.5. The van der Waals surface area contributed by atoms with E-state index in [1.807, 2.05) is 47.0 Å². The molecular formula is C16H28N2O2S. The average Bonchev–Trinajstić information content (AvgIpc) is 2.25. The quantitative estimate of drug-likeness (QED) is 0.878. The highest BCUT2D eigenvalue weighted by atomic mass is 32.2. The lowest BCUT2D eigenvalue weighted by Gasteiger charge is -2.34. The minimum absolute atomic E-state index is 0.158. The minimum Gasteiger partial charge on any atom is -0.309 e. The SMILES string of the molecule is Cc1ccc(S(=O)(=O)N[C@H](C)C(C)(C)CN(C)C)c(C)c1. The van der Waals surface area contributed by atoms with Gasteiger partial charge >= 0.3 is 0 Å². The van der Waals surface area contributed by atoms with E-state index >= 15 is 0 Å². The molecule has 1 aromatic carbocycles. The van der Waals surface area contributed by atoms with Crippen molar-refractivity contribution in [3.05, 3.63) is 29.3 Å². The van der Waals surface area contributed by atoms with Gasteiger partial charge in [0.15, 0.2) is 0 Å². The lowest BCUT2D eigenvalue weighted by Crippen LogP contribution is -2.47.